The lowest BCUT2D eigenvalue weighted by atomic mass is 9.82. The van der Waals surface area contributed by atoms with E-state index in [0.29, 0.717) is 12.5 Å². The molecule has 0 heterocycles. The minimum atomic E-state index is -1.07. The summed E-state index contributed by atoms with van der Waals surface area (Å²) in [6, 6.07) is 6.33. The van der Waals surface area contributed by atoms with Crippen LogP contribution in [0.25, 0.3) is 0 Å². The van der Waals surface area contributed by atoms with E-state index < -0.39 is 5.97 Å². The van der Waals surface area contributed by atoms with Gasteiger partial charge in [0.15, 0.2) is 0 Å². The standard InChI is InChI=1S/C16H21NO3/c1-11-5-4-6-12(9-11)10-17-15(18)13-7-2-3-8-14(13)16(19)20/h2-3,7-8,11-12H,4-6,9-10H2,1H3,(H,17,18)(H,19,20). The molecule has 1 aliphatic carbocycles. The first kappa shape index (κ1) is 14.6. The van der Waals surface area contributed by atoms with Gasteiger partial charge in [0.2, 0.25) is 0 Å². The number of benzene rings is 1. The van der Waals surface area contributed by atoms with Crippen LogP contribution >= 0.6 is 0 Å². The van der Waals surface area contributed by atoms with Crippen molar-refractivity contribution in [2.24, 2.45) is 11.8 Å². The second-order valence-electron chi connectivity index (χ2n) is 5.70. The summed E-state index contributed by atoms with van der Waals surface area (Å²) in [5.74, 6) is -0.125. The molecule has 0 aliphatic heterocycles. The van der Waals surface area contributed by atoms with E-state index in [0.717, 1.165) is 18.8 Å². The molecule has 2 atom stereocenters. The van der Waals surface area contributed by atoms with Gasteiger partial charge in [-0.15, -0.1) is 0 Å². The Bertz CT molecular complexity index is 498. The van der Waals surface area contributed by atoms with Crippen molar-refractivity contribution in [2.45, 2.75) is 32.6 Å². The van der Waals surface area contributed by atoms with Crippen LogP contribution in [0.5, 0.6) is 0 Å². The van der Waals surface area contributed by atoms with E-state index >= 15 is 0 Å². The molecule has 2 rings (SSSR count). The second kappa shape index (κ2) is 6.55. The molecule has 2 N–H and O–H groups in total. The van der Waals surface area contributed by atoms with Crippen molar-refractivity contribution >= 4 is 11.9 Å². The van der Waals surface area contributed by atoms with Gasteiger partial charge in [-0.25, -0.2) is 4.79 Å². The van der Waals surface area contributed by atoms with Crippen molar-refractivity contribution < 1.29 is 14.7 Å². The average Bonchev–Trinajstić information content (AvgIpc) is 2.45. The quantitative estimate of drug-likeness (QED) is 0.887. The SMILES string of the molecule is CC1CCCC(CNC(=O)c2ccccc2C(=O)O)C1. The molecule has 1 amide bonds. The average molecular weight is 275 g/mol. The molecule has 0 saturated heterocycles. The van der Waals surface area contributed by atoms with E-state index in [1.165, 1.54) is 18.9 Å². The molecular weight excluding hydrogens is 254 g/mol. The highest BCUT2D eigenvalue weighted by Gasteiger charge is 2.21. The van der Waals surface area contributed by atoms with Gasteiger partial charge in [0.1, 0.15) is 0 Å². The lowest BCUT2D eigenvalue weighted by Crippen LogP contribution is -2.32. The maximum Gasteiger partial charge on any atom is 0.336 e. The number of amides is 1. The summed E-state index contributed by atoms with van der Waals surface area (Å²) in [5.41, 5.74) is 0.297. The van der Waals surface area contributed by atoms with Gasteiger partial charge in [-0.05, 0) is 36.8 Å². The van der Waals surface area contributed by atoms with Crippen LogP contribution in [-0.4, -0.2) is 23.5 Å². The predicted octanol–water partition coefficient (Wildman–Crippen LogP) is 2.94. The Labute approximate surface area is 119 Å². The number of carbonyl (C=O) groups excluding carboxylic acids is 1. The summed E-state index contributed by atoms with van der Waals surface area (Å²) in [6.07, 6.45) is 4.77. The smallest absolute Gasteiger partial charge is 0.336 e. The highest BCUT2D eigenvalue weighted by molar-refractivity contribution is 6.04. The van der Waals surface area contributed by atoms with Crippen molar-refractivity contribution in [3.8, 4) is 0 Å². The van der Waals surface area contributed by atoms with E-state index in [1.54, 1.807) is 18.2 Å². The molecule has 0 radical (unpaired) electrons. The summed E-state index contributed by atoms with van der Waals surface area (Å²) in [7, 11) is 0. The van der Waals surface area contributed by atoms with Crippen molar-refractivity contribution in [3.63, 3.8) is 0 Å². The molecular formula is C16H21NO3. The van der Waals surface area contributed by atoms with E-state index in [4.69, 9.17) is 5.11 Å². The fourth-order valence-corrected chi connectivity index (χ4v) is 2.94. The molecule has 0 spiro atoms. The van der Waals surface area contributed by atoms with Crippen molar-refractivity contribution in [2.75, 3.05) is 6.54 Å². The third-order valence-corrected chi connectivity index (χ3v) is 4.00. The number of carboxylic acids is 1. The van der Waals surface area contributed by atoms with Gasteiger partial charge in [0.25, 0.3) is 5.91 Å². The summed E-state index contributed by atoms with van der Waals surface area (Å²) < 4.78 is 0. The molecule has 1 aliphatic rings. The predicted molar refractivity (Wildman–Crippen MR) is 76.9 cm³/mol. The monoisotopic (exact) mass is 275 g/mol. The van der Waals surface area contributed by atoms with Crippen LogP contribution in [0, 0.1) is 11.8 Å². The Morgan fingerprint density at radius 2 is 1.95 bits per heavy atom. The molecule has 4 nitrogen and oxygen atoms in total. The maximum atomic E-state index is 12.1. The number of nitrogens with one attached hydrogen (secondary N) is 1. The maximum absolute atomic E-state index is 12.1. The van der Waals surface area contributed by atoms with E-state index in [2.05, 4.69) is 12.2 Å². The molecule has 1 fully saturated rings. The van der Waals surface area contributed by atoms with Crippen molar-refractivity contribution in [1.82, 2.24) is 5.32 Å². The number of carboxylic acid groups (broad SMARTS) is 1. The Kier molecular flexibility index (Phi) is 4.77. The fraction of sp³-hybridized carbons (Fsp3) is 0.500. The highest BCUT2D eigenvalue weighted by Crippen LogP contribution is 2.28. The van der Waals surface area contributed by atoms with E-state index in [9.17, 15) is 9.59 Å². The number of aromatic carboxylic acids is 1. The zero-order valence-corrected chi connectivity index (χ0v) is 11.8. The van der Waals surface area contributed by atoms with Crippen molar-refractivity contribution in [3.05, 3.63) is 35.4 Å². The molecule has 4 heteroatoms. The Balaban J connectivity index is 1.97. The van der Waals surface area contributed by atoms with Crippen LogP contribution in [0.4, 0.5) is 0 Å². The fourth-order valence-electron chi connectivity index (χ4n) is 2.94. The first-order valence-electron chi connectivity index (χ1n) is 7.18. The first-order valence-corrected chi connectivity index (χ1v) is 7.18. The van der Waals surface area contributed by atoms with Gasteiger partial charge in [0, 0.05) is 6.54 Å². The largest absolute Gasteiger partial charge is 0.478 e. The van der Waals surface area contributed by atoms with Crippen molar-refractivity contribution in [1.29, 1.82) is 0 Å². The zero-order valence-electron chi connectivity index (χ0n) is 11.8. The van der Waals surface area contributed by atoms with Crippen LogP contribution in [0.1, 0.15) is 53.3 Å². The molecule has 2 unspecified atom stereocenters. The lowest BCUT2D eigenvalue weighted by Gasteiger charge is -2.26. The van der Waals surface area contributed by atoms with Gasteiger partial charge < -0.3 is 10.4 Å². The summed E-state index contributed by atoms with van der Waals surface area (Å²) in [6.45, 7) is 2.88. The molecule has 20 heavy (non-hydrogen) atoms. The Morgan fingerprint density at radius 3 is 2.60 bits per heavy atom. The Hall–Kier alpha value is -1.84. The second-order valence-corrected chi connectivity index (χ2v) is 5.70. The van der Waals surface area contributed by atoms with Gasteiger partial charge >= 0.3 is 5.97 Å². The van der Waals surface area contributed by atoms with Gasteiger partial charge in [-0.1, -0.05) is 31.9 Å². The third kappa shape index (κ3) is 3.59. The van der Waals surface area contributed by atoms with Gasteiger partial charge in [0.05, 0.1) is 11.1 Å². The zero-order chi connectivity index (χ0) is 14.5. The Morgan fingerprint density at radius 1 is 1.25 bits per heavy atom. The number of hydrogen-bond acceptors (Lipinski definition) is 2. The molecule has 0 bridgehead atoms. The molecule has 108 valence electrons. The van der Waals surface area contributed by atoms with Crippen LogP contribution in [0.3, 0.4) is 0 Å². The molecule has 1 saturated carbocycles. The summed E-state index contributed by atoms with van der Waals surface area (Å²) >= 11 is 0. The van der Waals surface area contributed by atoms with E-state index in [1.807, 2.05) is 0 Å². The summed E-state index contributed by atoms with van der Waals surface area (Å²) in [5, 5.41) is 12.0. The number of hydrogen-bond donors (Lipinski definition) is 2. The minimum absolute atomic E-state index is 0.0574. The van der Waals surface area contributed by atoms with Gasteiger partial charge in [-0.3, -0.25) is 4.79 Å². The van der Waals surface area contributed by atoms with E-state index in [-0.39, 0.29) is 17.0 Å². The van der Waals surface area contributed by atoms with Crippen LogP contribution < -0.4 is 5.32 Å². The van der Waals surface area contributed by atoms with Crippen LogP contribution in [0.15, 0.2) is 24.3 Å². The molecule has 0 aromatic heterocycles. The lowest BCUT2D eigenvalue weighted by molar-refractivity contribution is 0.0690. The first-order chi connectivity index (χ1) is 9.58. The summed E-state index contributed by atoms with van der Waals surface area (Å²) in [4.78, 5) is 23.2. The van der Waals surface area contributed by atoms with Crippen LogP contribution in [-0.2, 0) is 0 Å². The third-order valence-electron chi connectivity index (χ3n) is 4.00. The number of rotatable bonds is 4. The normalized spacial score (nSPS) is 22.2. The van der Waals surface area contributed by atoms with Gasteiger partial charge in [-0.2, -0.15) is 0 Å². The van der Waals surface area contributed by atoms with Crippen LogP contribution in [0.2, 0.25) is 0 Å². The topological polar surface area (TPSA) is 66.4 Å². The molecule has 1 aromatic rings. The minimum Gasteiger partial charge on any atom is -0.478 e. The number of carbonyl (C=O) groups is 2. The highest BCUT2D eigenvalue weighted by atomic mass is 16.4. The molecule has 1 aromatic carbocycles.